The van der Waals surface area contributed by atoms with Gasteiger partial charge in [0.05, 0.1) is 5.52 Å². The number of nitrogens with two attached hydrogens (primary N) is 1. The van der Waals surface area contributed by atoms with E-state index in [1.807, 2.05) is 48.5 Å². The van der Waals surface area contributed by atoms with E-state index in [1.54, 1.807) is 24.3 Å². The molecule has 0 aliphatic heterocycles. The molecule has 1 heterocycles. The molecule has 6 heteroatoms. The van der Waals surface area contributed by atoms with Gasteiger partial charge in [0.25, 0.3) is 0 Å². The monoisotopic (exact) mass is 369 g/mol. The molecular formula is C22H19N5O. The molecule has 0 aliphatic carbocycles. The molecule has 0 aliphatic rings. The average Bonchev–Trinajstić information content (AvgIpc) is 2.70. The number of anilines is 4. The number of nitrogens with one attached hydrogen (secondary N) is 2. The lowest BCUT2D eigenvalue weighted by Crippen LogP contribution is -2.10. The number of benzene rings is 3. The summed E-state index contributed by atoms with van der Waals surface area (Å²) in [5.74, 6) is 0.712. The number of primary amides is 1. The third-order valence-electron chi connectivity index (χ3n) is 4.34. The molecule has 138 valence electrons. The minimum absolute atomic E-state index is 0.451. The molecule has 0 saturated carbocycles. The molecule has 0 saturated heterocycles. The van der Waals surface area contributed by atoms with Crippen molar-refractivity contribution in [2.45, 2.75) is 6.92 Å². The van der Waals surface area contributed by atoms with Gasteiger partial charge in [-0.1, -0.05) is 29.8 Å². The molecular weight excluding hydrogens is 350 g/mol. The second-order valence-corrected chi connectivity index (χ2v) is 6.47. The van der Waals surface area contributed by atoms with Crippen LogP contribution in [0.5, 0.6) is 0 Å². The maximum Gasteiger partial charge on any atom is 0.248 e. The second-order valence-electron chi connectivity index (χ2n) is 6.47. The first-order chi connectivity index (χ1) is 13.6. The van der Waals surface area contributed by atoms with Crippen LogP contribution >= 0.6 is 0 Å². The van der Waals surface area contributed by atoms with E-state index in [2.05, 4.69) is 27.5 Å². The topological polar surface area (TPSA) is 92.9 Å². The fraction of sp³-hybridized carbons (Fsp3) is 0.0455. The van der Waals surface area contributed by atoms with Gasteiger partial charge in [0.1, 0.15) is 5.82 Å². The zero-order chi connectivity index (χ0) is 19.5. The third kappa shape index (κ3) is 3.76. The Bertz CT molecular complexity index is 1140. The van der Waals surface area contributed by atoms with E-state index >= 15 is 0 Å². The Morgan fingerprint density at radius 2 is 1.46 bits per heavy atom. The molecule has 0 bridgehead atoms. The zero-order valence-electron chi connectivity index (χ0n) is 15.3. The molecule has 0 spiro atoms. The van der Waals surface area contributed by atoms with E-state index in [0.717, 1.165) is 22.3 Å². The summed E-state index contributed by atoms with van der Waals surface area (Å²) in [7, 11) is 0. The van der Waals surface area contributed by atoms with Crippen LogP contribution in [0.2, 0.25) is 0 Å². The van der Waals surface area contributed by atoms with Crippen LogP contribution in [0, 0.1) is 6.92 Å². The van der Waals surface area contributed by atoms with E-state index in [9.17, 15) is 4.79 Å². The first-order valence-electron chi connectivity index (χ1n) is 8.86. The summed E-state index contributed by atoms with van der Waals surface area (Å²) in [6.07, 6.45) is 0. The van der Waals surface area contributed by atoms with Crippen LogP contribution in [0.1, 0.15) is 15.9 Å². The second kappa shape index (κ2) is 7.36. The lowest BCUT2D eigenvalue weighted by atomic mass is 10.2. The Morgan fingerprint density at radius 1 is 0.821 bits per heavy atom. The van der Waals surface area contributed by atoms with Gasteiger partial charge >= 0.3 is 0 Å². The standard InChI is InChI=1S/C22H19N5O/c1-14-6-10-16(11-7-14)24-21-18-4-2-3-5-19(18)26-22(27-21)25-17-12-8-15(9-13-17)20(23)28/h2-13H,1H3,(H2,23,28)(H2,24,25,26,27). The predicted octanol–water partition coefficient (Wildman–Crippen LogP) is 4.52. The van der Waals surface area contributed by atoms with Crippen molar-refractivity contribution in [1.82, 2.24) is 9.97 Å². The number of aryl methyl sites for hydroxylation is 1. The van der Waals surface area contributed by atoms with Gasteiger partial charge < -0.3 is 16.4 Å². The molecule has 4 rings (SSSR count). The van der Waals surface area contributed by atoms with Crippen LogP contribution in [0.4, 0.5) is 23.1 Å². The summed E-state index contributed by atoms with van der Waals surface area (Å²) in [6, 6.07) is 22.8. The Morgan fingerprint density at radius 3 is 2.18 bits per heavy atom. The van der Waals surface area contributed by atoms with Crippen molar-refractivity contribution in [3.05, 3.63) is 83.9 Å². The first-order valence-corrected chi connectivity index (χ1v) is 8.86. The highest BCUT2D eigenvalue weighted by atomic mass is 16.1. The molecule has 28 heavy (non-hydrogen) atoms. The van der Waals surface area contributed by atoms with E-state index in [4.69, 9.17) is 5.73 Å². The Hall–Kier alpha value is -3.93. The van der Waals surface area contributed by atoms with Crippen molar-refractivity contribution < 1.29 is 4.79 Å². The van der Waals surface area contributed by atoms with Gasteiger partial charge in [0.15, 0.2) is 0 Å². The van der Waals surface area contributed by atoms with E-state index in [1.165, 1.54) is 5.56 Å². The summed E-state index contributed by atoms with van der Waals surface area (Å²) in [5, 5.41) is 7.48. The minimum atomic E-state index is -0.460. The van der Waals surface area contributed by atoms with Gasteiger partial charge in [-0.3, -0.25) is 4.79 Å². The molecule has 0 fully saturated rings. The summed E-state index contributed by atoms with van der Waals surface area (Å²) < 4.78 is 0. The molecule has 1 amide bonds. The lowest BCUT2D eigenvalue weighted by Gasteiger charge is -2.12. The molecule has 1 aromatic heterocycles. The molecule has 4 N–H and O–H groups in total. The fourth-order valence-electron chi connectivity index (χ4n) is 2.85. The van der Waals surface area contributed by atoms with Gasteiger partial charge in [-0.05, 0) is 55.5 Å². The highest BCUT2D eigenvalue weighted by Crippen LogP contribution is 2.26. The average molecular weight is 369 g/mol. The Balaban J connectivity index is 1.69. The van der Waals surface area contributed by atoms with Crippen molar-refractivity contribution in [3.8, 4) is 0 Å². The number of amides is 1. The van der Waals surface area contributed by atoms with Gasteiger partial charge in [-0.15, -0.1) is 0 Å². The first kappa shape index (κ1) is 17.5. The minimum Gasteiger partial charge on any atom is -0.366 e. The number of para-hydroxylation sites is 1. The summed E-state index contributed by atoms with van der Waals surface area (Å²) in [4.78, 5) is 20.5. The van der Waals surface area contributed by atoms with E-state index < -0.39 is 5.91 Å². The summed E-state index contributed by atoms with van der Waals surface area (Å²) in [5.41, 5.74) is 9.47. The Kier molecular flexibility index (Phi) is 4.60. The highest BCUT2D eigenvalue weighted by Gasteiger charge is 2.09. The number of hydrogen-bond acceptors (Lipinski definition) is 5. The van der Waals surface area contributed by atoms with Crippen LogP contribution in [0.3, 0.4) is 0 Å². The quantitative estimate of drug-likeness (QED) is 0.481. The van der Waals surface area contributed by atoms with Crippen molar-refractivity contribution in [2.75, 3.05) is 10.6 Å². The lowest BCUT2D eigenvalue weighted by molar-refractivity contribution is 0.100. The van der Waals surface area contributed by atoms with Crippen LogP contribution in [-0.2, 0) is 0 Å². The maximum absolute atomic E-state index is 11.2. The fourth-order valence-corrected chi connectivity index (χ4v) is 2.85. The van der Waals surface area contributed by atoms with Crippen LogP contribution in [-0.4, -0.2) is 15.9 Å². The smallest absolute Gasteiger partial charge is 0.248 e. The third-order valence-corrected chi connectivity index (χ3v) is 4.34. The maximum atomic E-state index is 11.2. The molecule has 4 aromatic rings. The van der Waals surface area contributed by atoms with Crippen LogP contribution in [0.15, 0.2) is 72.8 Å². The number of rotatable bonds is 5. The molecule has 6 nitrogen and oxygen atoms in total. The van der Waals surface area contributed by atoms with Crippen molar-refractivity contribution in [2.24, 2.45) is 5.73 Å². The van der Waals surface area contributed by atoms with E-state index in [0.29, 0.717) is 17.3 Å². The number of fused-ring (bicyclic) bond motifs is 1. The number of nitrogens with zero attached hydrogens (tertiary/aromatic N) is 2. The molecule has 0 radical (unpaired) electrons. The normalized spacial score (nSPS) is 10.6. The summed E-state index contributed by atoms with van der Waals surface area (Å²) in [6.45, 7) is 2.05. The largest absolute Gasteiger partial charge is 0.366 e. The van der Waals surface area contributed by atoms with Crippen LogP contribution in [0.25, 0.3) is 10.9 Å². The van der Waals surface area contributed by atoms with Gasteiger partial charge in [-0.2, -0.15) is 4.98 Å². The highest BCUT2D eigenvalue weighted by molar-refractivity contribution is 5.93. The van der Waals surface area contributed by atoms with Gasteiger partial charge in [-0.25, -0.2) is 4.98 Å². The SMILES string of the molecule is Cc1ccc(Nc2nc(Nc3ccc(C(N)=O)cc3)nc3ccccc23)cc1. The van der Waals surface area contributed by atoms with Crippen molar-refractivity contribution in [3.63, 3.8) is 0 Å². The van der Waals surface area contributed by atoms with E-state index in [-0.39, 0.29) is 0 Å². The summed E-state index contributed by atoms with van der Waals surface area (Å²) >= 11 is 0. The molecule has 0 unspecified atom stereocenters. The number of hydrogen-bond donors (Lipinski definition) is 3. The van der Waals surface area contributed by atoms with Crippen molar-refractivity contribution in [1.29, 1.82) is 0 Å². The number of carbonyl (C=O) groups excluding carboxylic acids is 1. The predicted molar refractivity (Wildman–Crippen MR) is 112 cm³/mol. The van der Waals surface area contributed by atoms with Crippen molar-refractivity contribution >= 4 is 40.0 Å². The molecule has 3 aromatic carbocycles. The number of aromatic nitrogens is 2. The zero-order valence-corrected chi connectivity index (χ0v) is 15.3. The number of carbonyl (C=O) groups is 1. The van der Waals surface area contributed by atoms with Gasteiger partial charge in [0.2, 0.25) is 11.9 Å². The molecule has 0 atom stereocenters. The van der Waals surface area contributed by atoms with Gasteiger partial charge in [0, 0.05) is 22.3 Å². The van der Waals surface area contributed by atoms with Crippen LogP contribution < -0.4 is 16.4 Å². The Labute approximate surface area is 162 Å².